The molecule has 3 nitrogen and oxygen atoms in total. The van der Waals surface area contributed by atoms with Gasteiger partial charge in [-0.05, 0) is 0 Å². The van der Waals surface area contributed by atoms with Crippen molar-refractivity contribution in [3.63, 3.8) is 0 Å². The first-order chi connectivity index (χ1) is 4.30. The van der Waals surface area contributed by atoms with Crippen molar-refractivity contribution in [1.29, 1.82) is 0 Å². The van der Waals surface area contributed by atoms with E-state index in [1.54, 1.807) is 18.3 Å². The summed E-state index contributed by atoms with van der Waals surface area (Å²) in [5, 5.41) is 17.1. The van der Waals surface area contributed by atoms with Crippen molar-refractivity contribution >= 4 is 12.6 Å². The molecule has 1 rings (SSSR count). The van der Waals surface area contributed by atoms with Crippen LogP contribution in [-0.2, 0) is 0 Å². The molecular formula is C5H7BNO2+. The molecular weight excluding hydrogens is 117 g/mol. The Kier molecular flexibility index (Phi) is 1.82. The molecule has 1 aromatic rings. The van der Waals surface area contributed by atoms with Crippen LogP contribution in [0.4, 0.5) is 0 Å². The predicted octanol–water partition coefficient (Wildman–Crippen LogP) is -1.82. The fraction of sp³-hybridized carbons (Fsp3) is 0. The van der Waals surface area contributed by atoms with E-state index in [0.717, 1.165) is 0 Å². The Bertz CT molecular complexity index is 178. The van der Waals surface area contributed by atoms with E-state index in [-0.39, 0.29) is 0 Å². The first kappa shape index (κ1) is 6.26. The van der Waals surface area contributed by atoms with Crippen LogP contribution < -0.4 is 10.4 Å². The van der Waals surface area contributed by atoms with Crippen molar-refractivity contribution in [3.05, 3.63) is 24.5 Å². The lowest BCUT2D eigenvalue weighted by Crippen LogP contribution is -2.32. The van der Waals surface area contributed by atoms with Crippen LogP contribution in [0.5, 0.6) is 0 Å². The second kappa shape index (κ2) is 2.61. The summed E-state index contributed by atoms with van der Waals surface area (Å²) in [4.78, 5) is 2.72. The van der Waals surface area contributed by atoms with Gasteiger partial charge in [0.2, 0.25) is 0 Å². The normalized spacial score (nSPS) is 9.11. The van der Waals surface area contributed by atoms with Crippen LogP contribution in [0, 0.1) is 0 Å². The van der Waals surface area contributed by atoms with Gasteiger partial charge in [-0.3, -0.25) is 0 Å². The molecule has 1 aromatic heterocycles. The molecule has 0 radical (unpaired) electrons. The van der Waals surface area contributed by atoms with Gasteiger partial charge < -0.3 is 10.0 Å². The lowest BCUT2D eigenvalue weighted by molar-refractivity contribution is -0.376. The molecule has 0 amide bonds. The van der Waals surface area contributed by atoms with Crippen molar-refractivity contribution in [2.45, 2.75) is 0 Å². The summed E-state index contributed by atoms with van der Waals surface area (Å²) in [7, 11) is -1.37. The summed E-state index contributed by atoms with van der Waals surface area (Å²) in [6.45, 7) is 0. The number of pyridine rings is 1. The Labute approximate surface area is 53.1 Å². The van der Waals surface area contributed by atoms with Crippen LogP contribution in [0.3, 0.4) is 0 Å². The second-order valence-corrected chi connectivity index (χ2v) is 1.71. The largest absolute Gasteiger partial charge is 0.494 e. The van der Waals surface area contributed by atoms with Gasteiger partial charge in [0, 0.05) is 11.5 Å². The maximum atomic E-state index is 8.56. The summed E-state index contributed by atoms with van der Waals surface area (Å²) in [6, 6.07) is 3.33. The number of aromatic amines is 1. The van der Waals surface area contributed by atoms with Crippen LogP contribution in [0.2, 0.25) is 0 Å². The monoisotopic (exact) mass is 124 g/mol. The Hall–Kier alpha value is -0.865. The van der Waals surface area contributed by atoms with Crippen LogP contribution in [0.1, 0.15) is 0 Å². The quantitative estimate of drug-likeness (QED) is 0.433. The van der Waals surface area contributed by atoms with E-state index in [1.807, 2.05) is 0 Å². The summed E-state index contributed by atoms with van der Waals surface area (Å²) < 4.78 is 0. The summed E-state index contributed by atoms with van der Waals surface area (Å²) in [5.74, 6) is 0. The Morgan fingerprint density at radius 3 is 2.56 bits per heavy atom. The highest BCUT2D eigenvalue weighted by molar-refractivity contribution is 6.58. The van der Waals surface area contributed by atoms with Gasteiger partial charge in [0.05, 0.1) is 0 Å². The van der Waals surface area contributed by atoms with Crippen molar-refractivity contribution < 1.29 is 15.0 Å². The number of aromatic nitrogens is 1. The topological polar surface area (TPSA) is 54.6 Å². The highest BCUT2D eigenvalue weighted by atomic mass is 16.4. The zero-order valence-corrected chi connectivity index (χ0v) is 4.78. The standard InChI is InChI=1S/C5H6BNO2/c8-6(9)5-2-1-3-7-4-5/h1-4,8-9H/p+1. The molecule has 0 saturated heterocycles. The first-order valence-corrected chi connectivity index (χ1v) is 2.63. The highest BCUT2D eigenvalue weighted by Gasteiger charge is 2.11. The predicted molar refractivity (Wildman–Crippen MR) is 32.8 cm³/mol. The number of nitrogens with one attached hydrogen (secondary N) is 1. The number of hydrogen-bond donors (Lipinski definition) is 2. The molecule has 0 atom stereocenters. The zero-order chi connectivity index (χ0) is 6.69. The van der Waals surface area contributed by atoms with Crippen LogP contribution >= 0.6 is 0 Å². The molecule has 0 aliphatic heterocycles. The van der Waals surface area contributed by atoms with Gasteiger partial charge in [-0.25, -0.2) is 4.98 Å². The molecule has 0 aliphatic rings. The molecule has 0 saturated carbocycles. The molecule has 0 aromatic carbocycles. The average molecular weight is 124 g/mol. The van der Waals surface area contributed by atoms with Gasteiger partial charge in [0.1, 0.15) is 0 Å². The van der Waals surface area contributed by atoms with Crippen molar-refractivity contribution in [3.8, 4) is 0 Å². The van der Waals surface area contributed by atoms with Crippen LogP contribution in [-0.4, -0.2) is 17.2 Å². The minimum atomic E-state index is -1.37. The van der Waals surface area contributed by atoms with E-state index < -0.39 is 7.12 Å². The third-order valence-electron chi connectivity index (χ3n) is 1.03. The van der Waals surface area contributed by atoms with Gasteiger partial charge >= 0.3 is 7.12 Å². The lowest BCUT2D eigenvalue weighted by atomic mass is 9.82. The molecule has 3 N–H and O–H groups in total. The first-order valence-electron chi connectivity index (χ1n) is 2.63. The third-order valence-corrected chi connectivity index (χ3v) is 1.03. The third kappa shape index (κ3) is 1.52. The van der Waals surface area contributed by atoms with Crippen molar-refractivity contribution in [2.75, 3.05) is 0 Å². The van der Waals surface area contributed by atoms with E-state index >= 15 is 0 Å². The molecule has 0 aliphatic carbocycles. The minimum absolute atomic E-state index is 0.470. The number of hydrogen-bond acceptors (Lipinski definition) is 2. The van der Waals surface area contributed by atoms with Crippen molar-refractivity contribution in [2.24, 2.45) is 0 Å². The van der Waals surface area contributed by atoms with Gasteiger partial charge in [-0.15, -0.1) is 0 Å². The van der Waals surface area contributed by atoms with E-state index in [1.165, 1.54) is 6.20 Å². The SMILES string of the molecule is OB(O)c1ccc[nH+]c1. The molecule has 0 bridgehead atoms. The number of H-pyrrole nitrogens is 1. The minimum Gasteiger partial charge on any atom is -0.423 e. The molecule has 0 unspecified atom stereocenters. The van der Waals surface area contributed by atoms with Gasteiger partial charge in [-0.1, -0.05) is 6.07 Å². The van der Waals surface area contributed by atoms with Crippen molar-refractivity contribution in [1.82, 2.24) is 0 Å². The molecule has 9 heavy (non-hydrogen) atoms. The molecule has 4 heteroatoms. The van der Waals surface area contributed by atoms with E-state index in [2.05, 4.69) is 4.98 Å². The highest BCUT2D eigenvalue weighted by Crippen LogP contribution is 1.73. The fourth-order valence-corrected chi connectivity index (χ4v) is 0.568. The lowest BCUT2D eigenvalue weighted by Gasteiger charge is -1.90. The van der Waals surface area contributed by atoms with Crippen LogP contribution in [0.15, 0.2) is 24.5 Å². The molecule has 0 spiro atoms. The number of rotatable bonds is 1. The summed E-state index contributed by atoms with van der Waals surface area (Å²) in [5.41, 5.74) is 0.470. The Morgan fingerprint density at radius 2 is 2.22 bits per heavy atom. The maximum absolute atomic E-state index is 8.56. The van der Waals surface area contributed by atoms with Gasteiger partial charge in [0.25, 0.3) is 0 Å². The smallest absolute Gasteiger partial charge is 0.423 e. The average Bonchev–Trinajstić information content (AvgIpc) is 1.90. The van der Waals surface area contributed by atoms with Gasteiger partial charge in [-0.2, -0.15) is 0 Å². The summed E-state index contributed by atoms with van der Waals surface area (Å²) in [6.07, 6.45) is 3.23. The molecule has 1 heterocycles. The second-order valence-electron chi connectivity index (χ2n) is 1.71. The summed E-state index contributed by atoms with van der Waals surface area (Å²) >= 11 is 0. The van der Waals surface area contributed by atoms with Crippen LogP contribution in [0.25, 0.3) is 0 Å². The van der Waals surface area contributed by atoms with E-state index in [4.69, 9.17) is 10.0 Å². The molecule has 46 valence electrons. The Morgan fingerprint density at radius 1 is 1.44 bits per heavy atom. The van der Waals surface area contributed by atoms with E-state index in [0.29, 0.717) is 5.46 Å². The van der Waals surface area contributed by atoms with E-state index in [9.17, 15) is 0 Å². The molecule has 0 fully saturated rings. The fourth-order valence-electron chi connectivity index (χ4n) is 0.568. The Balaban J connectivity index is 2.85. The zero-order valence-electron chi connectivity index (χ0n) is 4.78. The maximum Gasteiger partial charge on any atom is 0.494 e. The van der Waals surface area contributed by atoms with Gasteiger partial charge in [0.15, 0.2) is 12.4 Å².